The van der Waals surface area contributed by atoms with Gasteiger partial charge in [-0.3, -0.25) is 0 Å². The van der Waals surface area contributed by atoms with Gasteiger partial charge >= 0.3 is 0 Å². The van der Waals surface area contributed by atoms with Gasteiger partial charge in [-0.1, -0.05) is 30.3 Å². The largest absolute Gasteiger partial charge is 0.282 e. The second-order valence-electron chi connectivity index (χ2n) is 2.26. The Kier molecular flexibility index (Phi) is 3.13. The molecule has 0 fully saturated rings. The summed E-state index contributed by atoms with van der Waals surface area (Å²) in [6.45, 7) is 0. The Balaban J connectivity index is 2.78. The van der Waals surface area contributed by atoms with Crippen LogP contribution in [0.3, 0.4) is 0 Å². The van der Waals surface area contributed by atoms with Crippen molar-refractivity contribution < 1.29 is 12.0 Å². The molecule has 1 aromatic rings. The lowest BCUT2D eigenvalue weighted by Gasteiger charge is -1.98. The van der Waals surface area contributed by atoms with Gasteiger partial charge in [0.2, 0.25) is 0 Å². The lowest BCUT2D eigenvalue weighted by Crippen LogP contribution is -2.02. The van der Waals surface area contributed by atoms with Crippen molar-refractivity contribution in [3.63, 3.8) is 0 Å². The zero-order chi connectivity index (χ0) is 9.03. The molecule has 0 saturated heterocycles. The van der Waals surface area contributed by atoms with Gasteiger partial charge in [0, 0.05) is 0 Å². The molecule has 0 saturated carbocycles. The standard InChI is InChI=1S/C7H8O3S2/c8-12(9,10-11)6-7-4-2-1-3-5-7/h1-5,11H,6H2. The minimum Gasteiger partial charge on any atom is -0.201 e. The molecule has 0 aliphatic rings. The Morgan fingerprint density at radius 1 is 1.25 bits per heavy atom. The van der Waals surface area contributed by atoms with Crippen LogP contribution < -0.4 is 0 Å². The van der Waals surface area contributed by atoms with E-state index in [0.717, 1.165) is 0 Å². The van der Waals surface area contributed by atoms with Crippen molar-refractivity contribution in [3.8, 4) is 0 Å². The third-order valence-corrected chi connectivity index (χ3v) is 2.90. The molecule has 0 spiro atoms. The molecule has 0 aliphatic carbocycles. The normalized spacial score (nSPS) is 11.4. The first-order chi connectivity index (χ1) is 5.64. The first-order valence-electron chi connectivity index (χ1n) is 3.24. The Hall–Kier alpha value is -0.520. The summed E-state index contributed by atoms with van der Waals surface area (Å²) in [7, 11) is -3.51. The molecule has 1 aromatic carbocycles. The molecular formula is C7H8O3S2. The highest BCUT2D eigenvalue weighted by molar-refractivity contribution is 7.95. The van der Waals surface area contributed by atoms with Crippen molar-refractivity contribution in [1.29, 1.82) is 0 Å². The van der Waals surface area contributed by atoms with Gasteiger partial charge in [0.25, 0.3) is 10.1 Å². The van der Waals surface area contributed by atoms with Crippen LogP contribution in [0.4, 0.5) is 0 Å². The molecule has 0 radical (unpaired) electrons. The third-order valence-electron chi connectivity index (χ3n) is 1.30. The topological polar surface area (TPSA) is 43.4 Å². The lowest BCUT2D eigenvalue weighted by atomic mass is 10.2. The molecule has 0 aromatic heterocycles. The van der Waals surface area contributed by atoms with Gasteiger partial charge in [0.05, 0.1) is 0 Å². The van der Waals surface area contributed by atoms with Gasteiger partial charge in [-0.15, -0.1) is 0 Å². The highest BCUT2D eigenvalue weighted by atomic mass is 32.3. The van der Waals surface area contributed by atoms with Gasteiger partial charge in [-0.05, 0) is 18.5 Å². The molecular weight excluding hydrogens is 196 g/mol. The van der Waals surface area contributed by atoms with Crippen molar-refractivity contribution in [1.82, 2.24) is 0 Å². The van der Waals surface area contributed by atoms with E-state index >= 15 is 0 Å². The average Bonchev–Trinajstić information content (AvgIpc) is 2.06. The van der Waals surface area contributed by atoms with E-state index in [4.69, 9.17) is 0 Å². The molecule has 12 heavy (non-hydrogen) atoms. The average molecular weight is 204 g/mol. The van der Waals surface area contributed by atoms with Crippen LogP contribution in [-0.2, 0) is 19.5 Å². The summed E-state index contributed by atoms with van der Waals surface area (Å²) in [5.41, 5.74) is 0.687. The maximum absolute atomic E-state index is 10.9. The first kappa shape index (κ1) is 9.57. The Bertz CT molecular complexity index is 331. The predicted molar refractivity (Wildman–Crippen MR) is 49.1 cm³/mol. The molecule has 0 bridgehead atoms. The second-order valence-corrected chi connectivity index (χ2v) is 4.26. The molecule has 0 atom stereocenters. The van der Waals surface area contributed by atoms with Crippen molar-refractivity contribution >= 4 is 23.0 Å². The Labute approximate surface area is 77.1 Å². The van der Waals surface area contributed by atoms with Gasteiger partial charge in [0.15, 0.2) is 0 Å². The van der Waals surface area contributed by atoms with E-state index in [0.29, 0.717) is 5.56 Å². The molecule has 3 nitrogen and oxygen atoms in total. The fraction of sp³-hybridized carbons (Fsp3) is 0.143. The van der Waals surface area contributed by atoms with E-state index in [-0.39, 0.29) is 5.75 Å². The quantitative estimate of drug-likeness (QED) is 0.597. The Morgan fingerprint density at radius 3 is 2.33 bits per heavy atom. The highest BCUT2D eigenvalue weighted by Crippen LogP contribution is 2.07. The van der Waals surface area contributed by atoms with Gasteiger partial charge < -0.3 is 0 Å². The maximum atomic E-state index is 10.9. The number of hydrogen-bond acceptors (Lipinski definition) is 4. The van der Waals surface area contributed by atoms with Crippen LogP contribution in [0.1, 0.15) is 5.56 Å². The van der Waals surface area contributed by atoms with Crippen molar-refractivity contribution in [2.75, 3.05) is 0 Å². The number of rotatable bonds is 3. The zero-order valence-corrected chi connectivity index (χ0v) is 7.88. The smallest absolute Gasteiger partial charge is 0.201 e. The van der Waals surface area contributed by atoms with Crippen molar-refractivity contribution in [2.24, 2.45) is 0 Å². The molecule has 1 rings (SSSR count). The van der Waals surface area contributed by atoms with Crippen LogP contribution in [0, 0.1) is 0 Å². The molecule has 0 N–H and O–H groups in total. The summed E-state index contributed by atoms with van der Waals surface area (Å²) in [6, 6.07) is 8.78. The highest BCUT2D eigenvalue weighted by Gasteiger charge is 2.09. The van der Waals surface area contributed by atoms with E-state index in [1.54, 1.807) is 24.3 Å². The fourth-order valence-corrected chi connectivity index (χ4v) is 1.62. The van der Waals surface area contributed by atoms with E-state index in [1.165, 1.54) is 0 Å². The zero-order valence-electron chi connectivity index (χ0n) is 6.17. The molecule has 5 heteroatoms. The summed E-state index contributed by atoms with van der Waals surface area (Å²) in [5.74, 6) is -0.142. The third kappa shape index (κ3) is 2.84. The minimum absolute atomic E-state index is 0.142. The monoisotopic (exact) mass is 204 g/mol. The second kappa shape index (κ2) is 3.93. The van der Waals surface area contributed by atoms with E-state index in [2.05, 4.69) is 16.5 Å². The summed E-state index contributed by atoms with van der Waals surface area (Å²) >= 11 is 3.24. The summed E-state index contributed by atoms with van der Waals surface area (Å²) in [5, 5.41) is 0. The van der Waals surface area contributed by atoms with Crippen LogP contribution in [-0.4, -0.2) is 8.42 Å². The summed E-state index contributed by atoms with van der Waals surface area (Å²) in [6.07, 6.45) is 0. The van der Waals surface area contributed by atoms with E-state index in [1.807, 2.05) is 6.07 Å². The van der Waals surface area contributed by atoms with Crippen LogP contribution in [0.25, 0.3) is 0 Å². The van der Waals surface area contributed by atoms with Crippen molar-refractivity contribution in [3.05, 3.63) is 35.9 Å². The molecule has 0 aliphatic heterocycles. The summed E-state index contributed by atoms with van der Waals surface area (Å²) < 4.78 is 25.7. The molecule has 66 valence electrons. The number of thiol groups is 1. The van der Waals surface area contributed by atoms with Crippen molar-refractivity contribution in [2.45, 2.75) is 5.75 Å². The van der Waals surface area contributed by atoms with Gasteiger partial charge in [-0.25, -0.2) is 3.63 Å². The molecule has 0 heterocycles. The Morgan fingerprint density at radius 2 is 1.83 bits per heavy atom. The number of benzene rings is 1. The molecule has 0 unspecified atom stereocenters. The van der Waals surface area contributed by atoms with Crippen LogP contribution in [0.2, 0.25) is 0 Å². The first-order valence-corrected chi connectivity index (χ1v) is 5.18. The van der Waals surface area contributed by atoms with Gasteiger partial charge in [0.1, 0.15) is 5.75 Å². The minimum atomic E-state index is -3.51. The van der Waals surface area contributed by atoms with E-state index < -0.39 is 10.1 Å². The molecule has 0 amide bonds. The lowest BCUT2D eigenvalue weighted by molar-refractivity contribution is 0.520. The SMILES string of the molecule is O=S(=O)(Cc1ccccc1)OS. The fourth-order valence-electron chi connectivity index (χ4n) is 0.805. The van der Waals surface area contributed by atoms with Crippen LogP contribution in [0.5, 0.6) is 0 Å². The summed E-state index contributed by atoms with van der Waals surface area (Å²) in [4.78, 5) is 0. The van der Waals surface area contributed by atoms with Crippen LogP contribution in [0.15, 0.2) is 30.3 Å². The predicted octanol–water partition coefficient (Wildman–Crippen LogP) is 1.38. The van der Waals surface area contributed by atoms with E-state index in [9.17, 15) is 8.42 Å². The van der Waals surface area contributed by atoms with Crippen LogP contribution >= 0.6 is 12.9 Å². The maximum Gasteiger partial charge on any atom is 0.282 e. The van der Waals surface area contributed by atoms with Gasteiger partial charge in [-0.2, -0.15) is 8.42 Å². The number of hydrogen-bond donors (Lipinski definition) is 1.